The van der Waals surface area contributed by atoms with E-state index in [0.717, 1.165) is 5.56 Å². The third-order valence-electron chi connectivity index (χ3n) is 3.71. The minimum Gasteiger partial charge on any atom is -0.475 e. The van der Waals surface area contributed by atoms with Gasteiger partial charge in [0.1, 0.15) is 5.69 Å². The van der Waals surface area contributed by atoms with Gasteiger partial charge in [-0.25, -0.2) is 4.98 Å². The fourth-order valence-corrected chi connectivity index (χ4v) is 2.43. The fraction of sp³-hybridized carbons (Fsp3) is 0.368. The lowest BCUT2D eigenvalue weighted by atomic mass is 10.1. The highest BCUT2D eigenvalue weighted by molar-refractivity contribution is 5.95. The molecule has 1 aromatic carbocycles. The van der Waals surface area contributed by atoms with Crippen LogP contribution in [0.2, 0.25) is 0 Å². The van der Waals surface area contributed by atoms with Crippen molar-refractivity contribution < 1.29 is 19.2 Å². The lowest BCUT2D eigenvalue weighted by molar-refractivity contribution is -0.384. The van der Waals surface area contributed by atoms with E-state index in [4.69, 9.17) is 9.47 Å². The number of amides is 1. The first kappa shape index (κ1) is 21.1. The Kier molecular flexibility index (Phi) is 7.70. The van der Waals surface area contributed by atoms with Gasteiger partial charge in [0, 0.05) is 43.6 Å². The number of pyridine rings is 1. The van der Waals surface area contributed by atoms with Crippen LogP contribution in [-0.2, 0) is 11.3 Å². The Morgan fingerprint density at radius 1 is 1.32 bits per heavy atom. The maximum Gasteiger partial charge on any atom is 0.293 e. The third kappa shape index (κ3) is 5.92. The molecule has 0 saturated heterocycles. The summed E-state index contributed by atoms with van der Waals surface area (Å²) in [5.41, 5.74) is 1.07. The number of carbonyl (C=O) groups is 1. The van der Waals surface area contributed by atoms with Crippen LogP contribution < -0.4 is 15.4 Å². The van der Waals surface area contributed by atoms with Crippen molar-refractivity contribution in [3.63, 3.8) is 0 Å². The number of rotatable bonds is 10. The van der Waals surface area contributed by atoms with Gasteiger partial charge < -0.3 is 20.1 Å². The summed E-state index contributed by atoms with van der Waals surface area (Å²) in [6.45, 7) is 4.79. The monoisotopic (exact) mass is 388 g/mol. The lowest BCUT2D eigenvalue weighted by Gasteiger charge is -2.13. The molecule has 1 aromatic heterocycles. The number of nitrogens with zero attached hydrogens (tertiary/aromatic N) is 2. The molecule has 9 nitrogen and oxygen atoms in total. The Labute approximate surface area is 163 Å². The van der Waals surface area contributed by atoms with Gasteiger partial charge in [-0.15, -0.1) is 0 Å². The molecular weight excluding hydrogens is 364 g/mol. The van der Waals surface area contributed by atoms with Crippen LogP contribution in [0.5, 0.6) is 5.88 Å². The van der Waals surface area contributed by atoms with E-state index in [-0.39, 0.29) is 23.9 Å². The van der Waals surface area contributed by atoms with Crippen molar-refractivity contribution >= 4 is 17.3 Å². The molecule has 2 aromatic rings. The minimum absolute atomic E-state index is 0.0508. The number of nitro benzene ring substituents is 1. The van der Waals surface area contributed by atoms with E-state index in [0.29, 0.717) is 24.7 Å². The molecule has 0 unspecified atom stereocenters. The summed E-state index contributed by atoms with van der Waals surface area (Å²) in [6.07, 6.45) is 1.56. The largest absolute Gasteiger partial charge is 0.475 e. The second kappa shape index (κ2) is 10.2. The molecule has 2 rings (SSSR count). The molecule has 0 bridgehead atoms. The van der Waals surface area contributed by atoms with E-state index >= 15 is 0 Å². The smallest absolute Gasteiger partial charge is 0.293 e. The van der Waals surface area contributed by atoms with Crippen LogP contribution in [0.25, 0.3) is 0 Å². The number of ether oxygens (including phenoxy) is 2. The highest BCUT2D eigenvalue weighted by Gasteiger charge is 2.18. The van der Waals surface area contributed by atoms with Crippen LogP contribution >= 0.6 is 0 Å². The number of benzene rings is 1. The van der Waals surface area contributed by atoms with Crippen LogP contribution in [0.15, 0.2) is 36.5 Å². The summed E-state index contributed by atoms with van der Waals surface area (Å²) in [6, 6.07) is 7.85. The highest BCUT2D eigenvalue weighted by Crippen LogP contribution is 2.25. The number of methoxy groups -OCH3 is 1. The first-order chi connectivity index (χ1) is 13.4. The van der Waals surface area contributed by atoms with E-state index in [1.165, 1.54) is 18.2 Å². The Morgan fingerprint density at radius 3 is 2.79 bits per heavy atom. The molecule has 2 N–H and O–H groups in total. The normalized spacial score (nSPS) is 10.6. The van der Waals surface area contributed by atoms with Crippen molar-refractivity contribution in [2.75, 3.05) is 25.6 Å². The average molecular weight is 388 g/mol. The number of carbonyl (C=O) groups excluding carboxylic acids is 1. The van der Waals surface area contributed by atoms with Crippen LogP contribution in [0, 0.1) is 10.1 Å². The molecule has 150 valence electrons. The molecule has 0 aliphatic heterocycles. The maximum absolute atomic E-state index is 12.5. The molecule has 1 heterocycles. The second-order valence-corrected chi connectivity index (χ2v) is 6.23. The number of aromatic nitrogens is 1. The van der Waals surface area contributed by atoms with Crippen molar-refractivity contribution in [2.45, 2.75) is 26.5 Å². The summed E-state index contributed by atoms with van der Waals surface area (Å²) in [4.78, 5) is 27.4. The molecule has 0 radical (unpaired) electrons. The fourth-order valence-electron chi connectivity index (χ4n) is 2.43. The number of nitro groups is 1. The zero-order chi connectivity index (χ0) is 20.5. The van der Waals surface area contributed by atoms with E-state index in [2.05, 4.69) is 15.6 Å². The van der Waals surface area contributed by atoms with Crippen molar-refractivity contribution in [1.82, 2.24) is 10.3 Å². The van der Waals surface area contributed by atoms with E-state index in [9.17, 15) is 14.9 Å². The standard InChI is InChI=1S/C19H24N4O5/c1-13(2)28-19-15(5-4-8-21-19)12-22-18(24)14-6-7-16(20-9-10-27-3)17(11-14)23(25)26/h4-8,11,13,20H,9-10,12H2,1-3H3,(H,22,24). The molecule has 0 atom stereocenters. The molecule has 28 heavy (non-hydrogen) atoms. The van der Waals surface area contributed by atoms with Gasteiger partial charge in [-0.1, -0.05) is 6.07 Å². The lowest BCUT2D eigenvalue weighted by Crippen LogP contribution is -2.24. The summed E-state index contributed by atoms with van der Waals surface area (Å²) in [7, 11) is 1.55. The molecule has 9 heteroatoms. The van der Waals surface area contributed by atoms with E-state index in [1.807, 2.05) is 13.8 Å². The number of hydrogen-bond acceptors (Lipinski definition) is 7. The van der Waals surface area contributed by atoms with Gasteiger partial charge in [0.15, 0.2) is 0 Å². The SMILES string of the molecule is COCCNc1ccc(C(=O)NCc2cccnc2OC(C)C)cc1[N+](=O)[O-]. The minimum atomic E-state index is -0.526. The van der Waals surface area contributed by atoms with Gasteiger partial charge in [-0.2, -0.15) is 0 Å². The maximum atomic E-state index is 12.5. The topological polar surface area (TPSA) is 116 Å². The molecule has 0 fully saturated rings. The summed E-state index contributed by atoms with van der Waals surface area (Å²) in [5, 5.41) is 17.0. The molecular formula is C19H24N4O5. The Morgan fingerprint density at radius 2 is 2.11 bits per heavy atom. The van der Waals surface area contributed by atoms with Crippen LogP contribution in [0.3, 0.4) is 0 Å². The Hall–Kier alpha value is -3.20. The quantitative estimate of drug-likeness (QED) is 0.365. The van der Waals surface area contributed by atoms with Gasteiger partial charge in [-0.05, 0) is 32.0 Å². The number of hydrogen-bond donors (Lipinski definition) is 2. The van der Waals surface area contributed by atoms with E-state index in [1.54, 1.807) is 25.4 Å². The number of nitrogens with one attached hydrogen (secondary N) is 2. The predicted molar refractivity (Wildman–Crippen MR) is 105 cm³/mol. The Balaban J connectivity index is 2.10. The average Bonchev–Trinajstić information content (AvgIpc) is 2.67. The molecule has 0 aliphatic rings. The summed E-state index contributed by atoms with van der Waals surface area (Å²) < 4.78 is 10.5. The van der Waals surface area contributed by atoms with Gasteiger partial charge in [0.05, 0.1) is 17.6 Å². The molecule has 0 aliphatic carbocycles. The van der Waals surface area contributed by atoms with E-state index < -0.39 is 10.8 Å². The summed E-state index contributed by atoms with van der Waals surface area (Å²) in [5.74, 6) is 0.0207. The van der Waals surface area contributed by atoms with Gasteiger partial charge in [0.25, 0.3) is 11.6 Å². The van der Waals surface area contributed by atoms with Crippen molar-refractivity contribution in [3.05, 3.63) is 57.8 Å². The van der Waals surface area contributed by atoms with Crippen LogP contribution in [0.1, 0.15) is 29.8 Å². The van der Waals surface area contributed by atoms with Crippen molar-refractivity contribution in [2.24, 2.45) is 0 Å². The zero-order valence-electron chi connectivity index (χ0n) is 16.1. The zero-order valence-corrected chi connectivity index (χ0v) is 16.1. The highest BCUT2D eigenvalue weighted by atomic mass is 16.6. The van der Waals surface area contributed by atoms with Crippen molar-refractivity contribution in [3.8, 4) is 5.88 Å². The molecule has 0 saturated carbocycles. The summed E-state index contributed by atoms with van der Waals surface area (Å²) >= 11 is 0. The second-order valence-electron chi connectivity index (χ2n) is 6.23. The van der Waals surface area contributed by atoms with Gasteiger partial charge >= 0.3 is 0 Å². The van der Waals surface area contributed by atoms with Gasteiger partial charge in [-0.3, -0.25) is 14.9 Å². The van der Waals surface area contributed by atoms with Gasteiger partial charge in [0.2, 0.25) is 5.88 Å². The first-order valence-corrected chi connectivity index (χ1v) is 8.82. The Bertz CT molecular complexity index is 826. The van der Waals surface area contributed by atoms with Crippen LogP contribution in [-0.4, -0.2) is 42.2 Å². The predicted octanol–water partition coefficient (Wildman–Crippen LogP) is 2.77. The first-order valence-electron chi connectivity index (χ1n) is 8.82. The number of anilines is 1. The van der Waals surface area contributed by atoms with Crippen LogP contribution in [0.4, 0.5) is 11.4 Å². The van der Waals surface area contributed by atoms with Crippen molar-refractivity contribution in [1.29, 1.82) is 0 Å². The molecule has 0 spiro atoms. The molecule has 1 amide bonds. The third-order valence-corrected chi connectivity index (χ3v) is 3.71.